The highest BCUT2D eigenvalue weighted by molar-refractivity contribution is 6.07. The zero-order valence-corrected chi connectivity index (χ0v) is 16.1. The molecule has 7 heteroatoms. The lowest BCUT2D eigenvalue weighted by molar-refractivity contribution is 0.0204. The summed E-state index contributed by atoms with van der Waals surface area (Å²) in [4.78, 5) is 19.9. The molecule has 1 fully saturated rings. The van der Waals surface area contributed by atoms with Crippen LogP contribution in [0.4, 0.5) is 0 Å². The quantitative estimate of drug-likeness (QED) is 0.733. The second-order valence-electron chi connectivity index (χ2n) is 7.08. The number of hydrogen-bond acceptors (Lipinski definition) is 6. The third kappa shape index (κ3) is 3.76. The SMILES string of the molecule is Cc1noc2nc(-c3ccccc3)cc(C(=O)NCC(C)N3CCOCC3)c12. The molecule has 146 valence electrons. The molecular formula is C21H24N4O3. The summed E-state index contributed by atoms with van der Waals surface area (Å²) in [6.45, 7) is 7.76. The first-order chi connectivity index (χ1) is 13.6. The summed E-state index contributed by atoms with van der Waals surface area (Å²) in [5.74, 6) is -0.143. The van der Waals surface area contributed by atoms with Gasteiger partial charge in [-0.15, -0.1) is 0 Å². The van der Waals surface area contributed by atoms with Gasteiger partial charge in [0.2, 0.25) is 0 Å². The highest BCUT2D eigenvalue weighted by Crippen LogP contribution is 2.26. The first-order valence-corrected chi connectivity index (χ1v) is 9.56. The number of pyridine rings is 1. The number of fused-ring (bicyclic) bond motifs is 1. The molecule has 2 aromatic heterocycles. The highest BCUT2D eigenvalue weighted by atomic mass is 16.5. The van der Waals surface area contributed by atoms with E-state index in [2.05, 4.69) is 27.3 Å². The van der Waals surface area contributed by atoms with Gasteiger partial charge in [0, 0.05) is 31.2 Å². The van der Waals surface area contributed by atoms with Crippen LogP contribution >= 0.6 is 0 Å². The van der Waals surface area contributed by atoms with Crippen LogP contribution in [-0.4, -0.2) is 59.8 Å². The molecule has 1 unspecified atom stereocenters. The summed E-state index contributed by atoms with van der Waals surface area (Å²) in [5, 5.41) is 7.73. The van der Waals surface area contributed by atoms with Gasteiger partial charge >= 0.3 is 0 Å². The zero-order chi connectivity index (χ0) is 19.5. The molecule has 0 bridgehead atoms. The first kappa shape index (κ1) is 18.6. The summed E-state index contributed by atoms with van der Waals surface area (Å²) >= 11 is 0. The van der Waals surface area contributed by atoms with Crippen LogP contribution in [0.15, 0.2) is 40.9 Å². The number of nitrogens with one attached hydrogen (secondary N) is 1. The lowest BCUT2D eigenvalue weighted by atomic mass is 10.0. The maximum absolute atomic E-state index is 13.0. The second kappa shape index (κ2) is 8.08. The lowest BCUT2D eigenvalue weighted by Crippen LogP contribution is -2.47. The fraction of sp³-hybridized carbons (Fsp3) is 0.381. The van der Waals surface area contributed by atoms with E-state index in [1.165, 1.54) is 0 Å². The van der Waals surface area contributed by atoms with E-state index in [1.807, 2.05) is 43.3 Å². The van der Waals surface area contributed by atoms with Crippen LogP contribution in [0.2, 0.25) is 0 Å². The number of carbonyl (C=O) groups is 1. The molecule has 1 atom stereocenters. The molecule has 1 aliphatic heterocycles. The Morgan fingerprint density at radius 2 is 2.00 bits per heavy atom. The molecular weight excluding hydrogens is 356 g/mol. The number of benzene rings is 1. The average molecular weight is 380 g/mol. The van der Waals surface area contributed by atoms with Crippen LogP contribution in [-0.2, 0) is 4.74 Å². The summed E-state index contributed by atoms with van der Waals surface area (Å²) in [6.07, 6.45) is 0. The minimum absolute atomic E-state index is 0.143. The van der Waals surface area contributed by atoms with Gasteiger partial charge in [-0.25, -0.2) is 4.98 Å². The number of rotatable bonds is 5. The van der Waals surface area contributed by atoms with E-state index in [1.54, 1.807) is 0 Å². The van der Waals surface area contributed by atoms with Crippen LogP contribution in [0.1, 0.15) is 23.0 Å². The predicted octanol–water partition coefficient (Wildman–Crippen LogP) is 2.65. The van der Waals surface area contributed by atoms with E-state index in [0.717, 1.165) is 31.9 Å². The van der Waals surface area contributed by atoms with Gasteiger partial charge in [-0.05, 0) is 19.9 Å². The van der Waals surface area contributed by atoms with Gasteiger partial charge in [-0.2, -0.15) is 0 Å². The Morgan fingerprint density at radius 1 is 1.25 bits per heavy atom. The van der Waals surface area contributed by atoms with Crippen LogP contribution in [0, 0.1) is 6.92 Å². The van der Waals surface area contributed by atoms with Crippen molar-refractivity contribution >= 4 is 17.0 Å². The molecule has 1 saturated heterocycles. The summed E-state index contributed by atoms with van der Waals surface area (Å²) in [5.41, 5.74) is 3.19. The number of amides is 1. The second-order valence-corrected chi connectivity index (χ2v) is 7.08. The van der Waals surface area contributed by atoms with Crippen LogP contribution in [0.3, 0.4) is 0 Å². The van der Waals surface area contributed by atoms with Crippen molar-refractivity contribution in [2.75, 3.05) is 32.8 Å². The first-order valence-electron chi connectivity index (χ1n) is 9.56. The molecule has 3 aromatic rings. The van der Waals surface area contributed by atoms with Crippen molar-refractivity contribution in [3.05, 3.63) is 47.7 Å². The van der Waals surface area contributed by atoms with Crippen molar-refractivity contribution in [3.63, 3.8) is 0 Å². The fourth-order valence-corrected chi connectivity index (χ4v) is 3.51. The normalized spacial score (nSPS) is 16.2. The molecule has 1 aromatic carbocycles. The standard InChI is InChI=1S/C21H24N4O3/c1-14(25-8-10-27-11-9-25)13-22-20(26)17-12-18(16-6-4-3-5-7-16)23-21-19(17)15(2)24-28-21/h3-7,12,14H,8-11,13H2,1-2H3,(H,22,26). The summed E-state index contributed by atoms with van der Waals surface area (Å²) < 4.78 is 10.8. The molecule has 7 nitrogen and oxygen atoms in total. The molecule has 0 radical (unpaired) electrons. The molecule has 4 rings (SSSR count). The summed E-state index contributed by atoms with van der Waals surface area (Å²) in [7, 11) is 0. The van der Waals surface area contributed by atoms with Gasteiger partial charge in [-0.3, -0.25) is 9.69 Å². The van der Waals surface area contributed by atoms with Crippen molar-refractivity contribution in [2.45, 2.75) is 19.9 Å². The van der Waals surface area contributed by atoms with E-state index >= 15 is 0 Å². The molecule has 0 spiro atoms. The Labute approximate surface area is 163 Å². The number of nitrogens with zero attached hydrogens (tertiary/aromatic N) is 3. The Balaban J connectivity index is 1.59. The Bertz CT molecular complexity index is 964. The fourth-order valence-electron chi connectivity index (χ4n) is 3.51. The minimum Gasteiger partial charge on any atom is -0.379 e. The Morgan fingerprint density at radius 3 is 2.75 bits per heavy atom. The van der Waals surface area contributed by atoms with Crippen molar-refractivity contribution in [3.8, 4) is 11.3 Å². The van der Waals surface area contributed by atoms with Crippen molar-refractivity contribution in [1.29, 1.82) is 0 Å². The Kier molecular flexibility index (Phi) is 5.36. The number of aryl methyl sites for hydroxylation is 1. The van der Waals surface area contributed by atoms with Crippen LogP contribution in [0.5, 0.6) is 0 Å². The third-order valence-corrected chi connectivity index (χ3v) is 5.16. The van der Waals surface area contributed by atoms with Gasteiger partial charge in [-0.1, -0.05) is 35.5 Å². The predicted molar refractivity (Wildman–Crippen MR) is 106 cm³/mol. The van der Waals surface area contributed by atoms with E-state index in [4.69, 9.17) is 9.26 Å². The van der Waals surface area contributed by atoms with Crippen LogP contribution < -0.4 is 5.32 Å². The van der Waals surface area contributed by atoms with Crippen molar-refractivity contribution < 1.29 is 14.1 Å². The molecule has 3 heterocycles. The number of morpholine rings is 1. The topological polar surface area (TPSA) is 80.5 Å². The van der Waals surface area contributed by atoms with Gasteiger partial charge in [0.25, 0.3) is 11.6 Å². The van der Waals surface area contributed by atoms with E-state index < -0.39 is 0 Å². The molecule has 1 N–H and O–H groups in total. The molecule has 1 amide bonds. The maximum Gasteiger partial charge on any atom is 0.259 e. The lowest BCUT2D eigenvalue weighted by Gasteiger charge is -2.32. The van der Waals surface area contributed by atoms with Gasteiger partial charge in [0.1, 0.15) is 0 Å². The molecule has 0 aliphatic carbocycles. The number of carbonyl (C=O) groups excluding carboxylic acids is 1. The zero-order valence-electron chi connectivity index (χ0n) is 16.1. The largest absolute Gasteiger partial charge is 0.379 e. The number of aromatic nitrogens is 2. The Hall–Kier alpha value is -2.77. The van der Waals surface area contributed by atoms with Gasteiger partial charge < -0.3 is 14.6 Å². The minimum atomic E-state index is -0.143. The molecule has 0 saturated carbocycles. The highest BCUT2D eigenvalue weighted by Gasteiger charge is 2.21. The average Bonchev–Trinajstić information content (AvgIpc) is 3.13. The van der Waals surface area contributed by atoms with E-state index in [0.29, 0.717) is 34.6 Å². The number of ether oxygens (including phenoxy) is 1. The van der Waals surface area contributed by atoms with Gasteiger partial charge in [0.05, 0.1) is 35.6 Å². The molecule has 1 aliphatic rings. The van der Waals surface area contributed by atoms with Crippen molar-refractivity contribution in [1.82, 2.24) is 20.4 Å². The monoisotopic (exact) mass is 380 g/mol. The third-order valence-electron chi connectivity index (χ3n) is 5.16. The van der Waals surface area contributed by atoms with Crippen molar-refractivity contribution in [2.24, 2.45) is 0 Å². The molecule has 28 heavy (non-hydrogen) atoms. The summed E-state index contributed by atoms with van der Waals surface area (Å²) in [6, 6.07) is 11.8. The van der Waals surface area contributed by atoms with E-state index in [-0.39, 0.29) is 11.9 Å². The smallest absolute Gasteiger partial charge is 0.259 e. The van der Waals surface area contributed by atoms with E-state index in [9.17, 15) is 4.79 Å². The maximum atomic E-state index is 13.0. The van der Waals surface area contributed by atoms with Crippen LogP contribution in [0.25, 0.3) is 22.4 Å². The number of hydrogen-bond donors (Lipinski definition) is 1. The van der Waals surface area contributed by atoms with Gasteiger partial charge in [0.15, 0.2) is 0 Å².